The summed E-state index contributed by atoms with van der Waals surface area (Å²) in [6, 6.07) is 0. The lowest BCUT2D eigenvalue weighted by Crippen LogP contribution is -2.37. The highest BCUT2D eigenvalue weighted by molar-refractivity contribution is 7.47. The van der Waals surface area contributed by atoms with Gasteiger partial charge in [0.2, 0.25) is 0 Å². The van der Waals surface area contributed by atoms with E-state index in [4.69, 9.17) is 18.5 Å². The van der Waals surface area contributed by atoms with Gasteiger partial charge in [-0.25, -0.2) is 4.57 Å². The number of hydrogen-bond donors (Lipinski definition) is 2. The van der Waals surface area contributed by atoms with E-state index >= 15 is 0 Å². The first-order valence-electron chi connectivity index (χ1n) is 22.1. The summed E-state index contributed by atoms with van der Waals surface area (Å²) in [6.45, 7) is 4.12. The first kappa shape index (κ1) is 54.7. The molecule has 0 heterocycles. The number of rotatable bonds is 39. The van der Waals surface area contributed by atoms with E-state index in [0.717, 1.165) is 64.2 Å². The monoisotopic (exact) mass is 825 g/mol. The highest BCUT2D eigenvalue weighted by Crippen LogP contribution is 2.43. The third kappa shape index (κ3) is 41.6. The Morgan fingerprint density at radius 3 is 1.72 bits per heavy atom. The minimum Gasteiger partial charge on any atom is -0.462 e. The third-order valence-corrected chi connectivity index (χ3v) is 10.1. The van der Waals surface area contributed by atoms with Crippen LogP contribution < -0.4 is 0 Å². The number of allylic oxidation sites excluding steroid dienone is 9. The van der Waals surface area contributed by atoms with Gasteiger partial charge < -0.3 is 24.0 Å². The van der Waals surface area contributed by atoms with E-state index in [-0.39, 0.29) is 32.2 Å². The van der Waals surface area contributed by atoms with Crippen LogP contribution >= 0.6 is 7.82 Å². The molecule has 0 aliphatic carbocycles. The number of ether oxygens (including phenoxy) is 2. The molecule has 0 radical (unpaired) electrons. The van der Waals surface area contributed by atoms with Gasteiger partial charge in [0.25, 0.3) is 0 Å². The highest BCUT2D eigenvalue weighted by Gasteiger charge is 2.27. The van der Waals surface area contributed by atoms with Crippen molar-refractivity contribution < 1.29 is 47.2 Å². The number of aliphatic hydroxyl groups is 1. The molecular formula is C46H83NO9P+. The van der Waals surface area contributed by atoms with Gasteiger partial charge in [-0.1, -0.05) is 132 Å². The summed E-state index contributed by atoms with van der Waals surface area (Å²) in [5.41, 5.74) is 0. The molecule has 0 aromatic rings. The molecular weight excluding hydrogens is 741 g/mol. The number of likely N-dealkylation sites (N-methyl/N-ethyl adjacent to an activating group) is 1. The number of hydrogen-bond acceptors (Lipinski definition) is 8. The Labute approximate surface area is 348 Å². The fourth-order valence-corrected chi connectivity index (χ4v) is 6.34. The van der Waals surface area contributed by atoms with Gasteiger partial charge in [0.15, 0.2) is 6.10 Å². The van der Waals surface area contributed by atoms with E-state index < -0.39 is 32.5 Å². The summed E-state index contributed by atoms with van der Waals surface area (Å²) in [5, 5.41) is 9.74. The molecule has 0 fully saturated rings. The van der Waals surface area contributed by atoms with E-state index in [9.17, 15) is 24.2 Å². The van der Waals surface area contributed by atoms with Crippen molar-refractivity contribution in [1.29, 1.82) is 0 Å². The minimum absolute atomic E-state index is 0.0117. The molecule has 0 rings (SSSR count). The molecule has 0 aliphatic rings. The minimum atomic E-state index is -4.40. The van der Waals surface area contributed by atoms with Crippen molar-refractivity contribution in [2.75, 3.05) is 47.5 Å². The Bertz CT molecular complexity index is 1170. The van der Waals surface area contributed by atoms with Gasteiger partial charge in [0, 0.05) is 12.8 Å². The summed E-state index contributed by atoms with van der Waals surface area (Å²) in [5.74, 6) is -0.894. The highest BCUT2D eigenvalue weighted by atomic mass is 31.2. The lowest BCUT2D eigenvalue weighted by Gasteiger charge is -2.24. The van der Waals surface area contributed by atoms with Crippen LogP contribution in [0.4, 0.5) is 0 Å². The van der Waals surface area contributed by atoms with Gasteiger partial charge in [0.05, 0.1) is 33.9 Å². The maximum Gasteiger partial charge on any atom is 0.472 e. The van der Waals surface area contributed by atoms with Crippen LogP contribution in [-0.4, -0.2) is 86.1 Å². The zero-order valence-electron chi connectivity index (χ0n) is 36.7. The molecule has 2 unspecified atom stereocenters. The number of nitrogens with zero attached hydrogens (tertiary/aromatic N) is 1. The first-order valence-corrected chi connectivity index (χ1v) is 23.6. The van der Waals surface area contributed by atoms with Gasteiger partial charge >= 0.3 is 19.8 Å². The summed E-state index contributed by atoms with van der Waals surface area (Å²) in [4.78, 5) is 35.3. The SMILES string of the molecule is CCCCCC/C=C\CCCCCCCCCC(=O)OC[C@H](COP(=O)(O)OCC[N+](C)(C)C)OC(=O)CCC/C=C\C/C=C\C/C=C\C/C=C\CC(O)CCC. The topological polar surface area (TPSA) is 129 Å². The molecule has 0 aliphatic heterocycles. The molecule has 2 N–H and O–H groups in total. The van der Waals surface area contributed by atoms with E-state index in [0.29, 0.717) is 30.3 Å². The van der Waals surface area contributed by atoms with Crippen molar-refractivity contribution >= 4 is 19.8 Å². The van der Waals surface area contributed by atoms with E-state index in [1.54, 1.807) is 0 Å². The maximum absolute atomic E-state index is 12.7. The molecule has 10 nitrogen and oxygen atoms in total. The van der Waals surface area contributed by atoms with Crippen molar-refractivity contribution in [2.24, 2.45) is 0 Å². The lowest BCUT2D eigenvalue weighted by molar-refractivity contribution is -0.870. The molecule has 0 aromatic heterocycles. The quantitative estimate of drug-likeness (QED) is 0.0205. The molecule has 330 valence electrons. The second-order valence-corrected chi connectivity index (χ2v) is 17.4. The first-order chi connectivity index (χ1) is 27.4. The van der Waals surface area contributed by atoms with Crippen LogP contribution in [-0.2, 0) is 32.7 Å². The number of carbonyl (C=O) groups excluding carboxylic acids is 2. The van der Waals surface area contributed by atoms with Crippen LogP contribution in [0.2, 0.25) is 0 Å². The van der Waals surface area contributed by atoms with Crippen molar-refractivity contribution in [1.82, 2.24) is 0 Å². The molecule has 11 heteroatoms. The van der Waals surface area contributed by atoms with E-state index in [2.05, 4.69) is 62.5 Å². The van der Waals surface area contributed by atoms with Crippen LogP contribution in [0.5, 0.6) is 0 Å². The molecule has 0 spiro atoms. The van der Waals surface area contributed by atoms with Gasteiger partial charge in [-0.05, 0) is 77.0 Å². The van der Waals surface area contributed by atoms with Crippen LogP contribution in [0.1, 0.15) is 162 Å². The average molecular weight is 825 g/mol. The maximum atomic E-state index is 12.7. The van der Waals surface area contributed by atoms with E-state index in [1.165, 1.54) is 51.4 Å². The van der Waals surface area contributed by atoms with Crippen molar-refractivity contribution in [3.8, 4) is 0 Å². The number of unbranched alkanes of at least 4 members (excludes halogenated alkanes) is 12. The second-order valence-electron chi connectivity index (χ2n) is 15.9. The Kier molecular flexibility index (Phi) is 36.4. The fourth-order valence-electron chi connectivity index (χ4n) is 5.60. The molecule has 57 heavy (non-hydrogen) atoms. The predicted octanol–water partition coefficient (Wildman–Crippen LogP) is 11.4. The zero-order valence-corrected chi connectivity index (χ0v) is 37.6. The van der Waals surface area contributed by atoms with Crippen LogP contribution in [0.15, 0.2) is 60.8 Å². The van der Waals surface area contributed by atoms with Crippen molar-refractivity contribution in [3.05, 3.63) is 60.8 Å². The number of aliphatic hydroxyl groups excluding tert-OH is 1. The number of carbonyl (C=O) groups is 2. The number of esters is 2. The van der Waals surface area contributed by atoms with Crippen LogP contribution in [0, 0.1) is 0 Å². The Hall–Kier alpha value is -2.33. The summed E-state index contributed by atoms with van der Waals surface area (Å²) in [7, 11) is 1.41. The summed E-state index contributed by atoms with van der Waals surface area (Å²) in [6.07, 6.45) is 41.9. The third-order valence-electron chi connectivity index (χ3n) is 9.08. The standard InChI is InChI=1S/C46H82NO9P/c1-6-8-9-10-11-12-13-14-15-18-21-24-27-30-33-37-45(49)53-41-44(42-55-57(51,52)54-40-39-47(3,4)5)56-46(50)38-34-31-28-25-22-19-16-17-20-23-26-29-32-36-43(48)35-7-2/h12-13,16,19-20,23,25,28-29,32,43-44,48H,6-11,14-15,17-18,21-22,24,26-27,30-31,33-42H2,1-5H3/p+1/b13-12-,19-16-,23-20-,28-25-,32-29-/t43?,44-/m1/s1. The molecule has 0 saturated heterocycles. The number of phosphoric acid groups is 1. The normalized spacial score (nSPS) is 14.7. The Balaban J connectivity index is 4.49. The van der Waals surface area contributed by atoms with Crippen molar-refractivity contribution in [3.63, 3.8) is 0 Å². The summed E-state index contributed by atoms with van der Waals surface area (Å²) >= 11 is 0. The largest absolute Gasteiger partial charge is 0.472 e. The Morgan fingerprint density at radius 1 is 0.614 bits per heavy atom. The van der Waals surface area contributed by atoms with E-state index in [1.807, 2.05) is 33.3 Å². The van der Waals surface area contributed by atoms with Gasteiger partial charge in [-0.3, -0.25) is 18.6 Å². The fraction of sp³-hybridized carbons (Fsp3) is 0.739. The van der Waals surface area contributed by atoms with Gasteiger partial charge in [-0.15, -0.1) is 0 Å². The zero-order chi connectivity index (χ0) is 42.3. The van der Waals surface area contributed by atoms with Crippen LogP contribution in [0.3, 0.4) is 0 Å². The summed E-state index contributed by atoms with van der Waals surface area (Å²) < 4.78 is 34.2. The predicted molar refractivity (Wildman–Crippen MR) is 235 cm³/mol. The Morgan fingerprint density at radius 2 is 1.12 bits per heavy atom. The molecule has 0 bridgehead atoms. The van der Waals surface area contributed by atoms with Gasteiger partial charge in [0.1, 0.15) is 19.8 Å². The van der Waals surface area contributed by atoms with Crippen molar-refractivity contribution in [2.45, 2.75) is 174 Å². The number of quaternary nitrogens is 1. The molecule has 0 aromatic carbocycles. The number of phosphoric ester groups is 1. The molecule has 0 amide bonds. The van der Waals surface area contributed by atoms with Gasteiger partial charge in [-0.2, -0.15) is 0 Å². The molecule has 0 saturated carbocycles. The smallest absolute Gasteiger partial charge is 0.462 e. The lowest BCUT2D eigenvalue weighted by atomic mass is 10.1. The molecule has 3 atom stereocenters. The second kappa shape index (κ2) is 37.9. The van der Waals surface area contributed by atoms with Crippen LogP contribution in [0.25, 0.3) is 0 Å². The average Bonchev–Trinajstić information content (AvgIpc) is 3.15.